The molecule has 0 aromatic heterocycles. The lowest BCUT2D eigenvalue weighted by molar-refractivity contribution is -0.141. The monoisotopic (exact) mass is 300 g/mol. The van der Waals surface area contributed by atoms with Crippen molar-refractivity contribution in [2.75, 3.05) is 13.1 Å². The Hall–Kier alpha value is -2.04. The highest BCUT2D eigenvalue weighted by Crippen LogP contribution is 2.54. The third-order valence-corrected chi connectivity index (χ3v) is 5.44. The minimum absolute atomic E-state index is 0.0966. The molecule has 4 rings (SSSR count). The Morgan fingerprint density at radius 2 is 2.05 bits per heavy atom. The molecule has 2 amide bonds. The third-order valence-electron chi connectivity index (χ3n) is 5.44. The average molecular weight is 300 g/mol. The number of fused-ring (bicyclic) bond motifs is 3. The molecule has 1 saturated carbocycles. The quantitative estimate of drug-likeness (QED) is 0.875. The van der Waals surface area contributed by atoms with Crippen molar-refractivity contribution in [3.8, 4) is 0 Å². The number of hydrogen-bond acceptors (Lipinski definition) is 2. The van der Waals surface area contributed by atoms with E-state index in [4.69, 9.17) is 5.11 Å². The maximum Gasteiger partial charge on any atom is 0.317 e. The van der Waals surface area contributed by atoms with Gasteiger partial charge in [0.25, 0.3) is 0 Å². The largest absolute Gasteiger partial charge is 0.481 e. The fourth-order valence-corrected chi connectivity index (χ4v) is 4.14. The second-order valence-corrected chi connectivity index (χ2v) is 6.67. The first-order valence-electron chi connectivity index (χ1n) is 8.01. The van der Waals surface area contributed by atoms with Gasteiger partial charge in [-0.25, -0.2) is 4.79 Å². The number of carbonyl (C=O) groups excluding carboxylic acids is 1. The second-order valence-electron chi connectivity index (χ2n) is 6.67. The molecule has 22 heavy (non-hydrogen) atoms. The van der Waals surface area contributed by atoms with Gasteiger partial charge in [0.2, 0.25) is 0 Å². The number of aryl methyl sites for hydroxylation is 1. The van der Waals surface area contributed by atoms with Gasteiger partial charge in [0.15, 0.2) is 0 Å². The van der Waals surface area contributed by atoms with Crippen LogP contribution in [-0.2, 0) is 11.2 Å². The Bertz CT molecular complexity index is 630. The zero-order chi connectivity index (χ0) is 15.3. The number of nitrogens with one attached hydrogen (secondary N) is 1. The number of aliphatic carboxylic acids is 1. The molecule has 0 radical (unpaired) electrons. The van der Waals surface area contributed by atoms with Crippen LogP contribution in [0.15, 0.2) is 24.3 Å². The molecule has 2 aliphatic carbocycles. The molecule has 4 unspecified atom stereocenters. The number of rotatable bonds is 2. The molecule has 1 saturated heterocycles. The van der Waals surface area contributed by atoms with Gasteiger partial charge >= 0.3 is 12.0 Å². The fourth-order valence-electron chi connectivity index (χ4n) is 4.14. The number of carboxylic acid groups (broad SMARTS) is 1. The van der Waals surface area contributed by atoms with E-state index in [0.717, 1.165) is 12.8 Å². The number of carbonyl (C=O) groups is 2. The van der Waals surface area contributed by atoms with Crippen LogP contribution in [0, 0.1) is 11.8 Å². The first-order chi connectivity index (χ1) is 10.6. The molecule has 116 valence electrons. The number of nitrogens with zero attached hydrogens (tertiary/aromatic N) is 1. The van der Waals surface area contributed by atoms with Crippen molar-refractivity contribution >= 4 is 12.0 Å². The molecule has 3 aliphatic rings. The molecule has 5 nitrogen and oxygen atoms in total. The molecule has 1 aromatic carbocycles. The first-order valence-corrected chi connectivity index (χ1v) is 8.01. The van der Waals surface area contributed by atoms with Crippen molar-refractivity contribution in [3.05, 3.63) is 35.4 Å². The molecule has 1 aliphatic heterocycles. The molecule has 4 atom stereocenters. The van der Waals surface area contributed by atoms with E-state index in [1.165, 1.54) is 11.1 Å². The average Bonchev–Trinajstić information content (AvgIpc) is 2.98. The molecule has 0 bridgehead atoms. The van der Waals surface area contributed by atoms with E-state index in [1.54, 1.807) is 4.90 Å². The van der Waals surface area contributed by atoms with Gasteiger partial charge in [-0.1, -0.05) is 24.3 Å². The highest BCUT2D eigenvalue weighted by atomic mass is 16.4. The van der Waals surface area contributed by atoms with Crippen molar-refractivity contribution < 1.29 is 14.7 Å². The summed E-state index contributed by atoms with van der Waals surface area (Å²) < 4.78 is 0. The van der Waals surface area contributed by atoms with Crippen molar-refractivity contribution in [1.29, 1.82) is 0 Å². The standard InChI is InChI=1S/C17H20N2O3/c20-16(21)11-7-8-19(9-11)17(22)18-15-13-6-5-10-3-1-2-4-12(10)14(13)15/h1-4,11,13-15H,5-9H2,(H,18,22)(H,20,21). The van der Waals surface area contributed by atoms with Gasteiger partial charge in [0.1, 0.15) is 0 Å². The van der Waals surface area contributed by atoms with E-state index < -0.39 is 11.9 Å². The van der Waals surface area contributed by atoms with Crippen LogP contribution in [0.25, 0.3) is 0 Å². The smallest absolute Gasteiger partial charge is 0.317 e. The number of amides is 2. The molecule has 1 aromatic rings. The molecule has 2 N–H and O–H groups in total. The minimum Gasteiger partial charge on any atom is -0.481 e. The lowest BCUT2D eigenvalue weighted by Crippen LogP contribution is -2.40. The van der Waals surface area contributed by atoms with E-state index in [1.807, 2.05) is 0 Å². The summed E-state index contributed by atoms with van der Waals surface area (Å²) in [6, 6.07) is 8.62. The predicted octanol–water partition coefficient (Wildman–Crippen LogP) is 1.83. The highest BCUT2D eigenvalue weighted by molar-refractivity contribution is 5.78. The summed E-state index contributed by atoms with van der Waals surface area (Å²) in [6.07, 6.45) is 2.78. The third kappa shape index (κ3) is 2.16. The number of urea groups is 1. The first kappa shape index (κ1) is 13.6. The van der Waals surface area contributed by atoms with Gasteiger partial charge in [-0.3, -0.25) is 4.79 Å². The number of hydrogen-bond donors (Lipinski definition) is 2. The maximum atomic E-state index is 12.3. The van der Waals surface area contributed by atoms with Gasteiger partial charge in [-0.15, -0.1) is 0 Å². The Labute approximate surface area is 129 Å². The molecular weight excluding hydrogens is 280 g/mol. The van der Waals surface area contributed by atoms with Crippen LogP contribution in [-0.4, -0.2) is 41.1 Å². The van der Waals surface area contributed by atoms with Gasteiger partial charge < -0.3 is 15.3 Å². The van der Waals surface area contributed by atoms with Gasteiger partial charge in [-0.05, 0) is 36.3 Å². The lowest BCUT2D eigenvalue weighted by atomic mass is 9.92. The van der Waals surface area contributed by atoms with Crippen molar-refractivity contribution in [1.82, 2.24) is 10.2 Å². The SMILES string of the molecule is O=C(O)C1CCN(C(=O)NC2C3CCc4ccccc4C32)C1. The molecule has 0 spiro atoms. The zero-order valence-corrected chi connectivity index (χ0v) is 12.4. The van der Waals surface area contributed by atoms with Crippen molar-refractivity contribution in [3.63, 3.8) is 0 Å². The van der Waals surface area contributed by atoms with Crippen molar-refractivity contribution in [2.45, 2.75) is 31.2 Å². The summed E-state index contributed by atoms with van der Waals surface area (Å²) in [4.78, 5) is 25.0. The zero-order valence-electron chi connectivity index (χ0n) is 12.4. The Kier molecular flexibility index (Phi) is 3.10. The van der Waals surface area contributed by atoms with Gasteiger partial charge in [0.05, 0.1) is 5.92 Å². The van der Waals surface area contributed by atoms with Gasteiger partial charge in [0, 0.05) is 25.0 Å². The van der Waals surface area contributed by atoms with Crippen LogP contribution < -0.4 is 5.32 Å². The topological polar surface area (TPSA) is 69.6 Å². The van der Waals surface area contributed by atoms with Crippen LogP contribution in [0.3, 0.4) is 0 Å². The Balaban J connectivity index is 1.40. The second kappa shape index (κ2) is 5.00. The summed E-state index contributed by atoms with van der Waals surface area (Å²) in [5.74, 6) is -0.208. The summed E-state index contributed by atoms with van der Waals surface area (Å²) in [5.41, 5.74) is 2.79. The van der Waals surface area contributed by atoms with Crippen LogP contribution in [0.5, 0.6) is 0 Å². The van der Waals surface area contributed by atoms with Crippen LogP contribution >= 0.6 is 0 Å². The summed E-state index contributed by atoms with van der Waals surface area (Å²) in [5, 5.41) is 12.2. The predicted molar refractivity (Wildman–Crippen MR) is 80.6 cm³/mol. The summed E-state index contributed by atoms with van der Waals surface area (Å²) in [6.45, 7) is 0.876. The van der Waals surface area contributed by atoms with E-state index >= 15 is 0 Å². The van der Waals surface area contributed by atoms with E-state index in [2.05, 4.69) is 29.6 Å². The summed E-state index contributed by atoms with van der Waals surface area (Å²) >= 11 is 0. The van der Waals surface area contributed by atoms with Crippen LogP contribution in [0.4, 0.5) is 4.79 Å². The number of benzene rings is 1. The van der Waals surface area contributed by atoms with E-state index in [9.17, 15) is 9.59 Å². The van der Waals surface area contributed by atoms with E-state index in [-0.39, 0.29) is 12.1 Å². The highest BCUT2D eigenvalue weighted by Gasteiger charge is 2.54. The normalized spacial score (nSPS) is 32.1. The summed E-state index contributed by atoms with van der Waals surface area (Å²) in [7, 11) is 0. The Morgan fingerprint density at radius 1 is 1.23 bits per heavy atom. The molecular formula is C17H20N2O3. The maximum absolute atomic E-state index is 12.3. The fraction of sp³-hybridized carbons (Fsp3) is 0.529. The van der Waals surface area contributed by atoms with Crippen LogP contribution in [0.2, 0.25) is 0 Å². The van der Waals surface area contributed by atoms with Gasteiger partial charge in [-0.2, -0.15) is 0 Å². The molecule has 2 fully saturated rings. The number of likely N-dealkylation sites (tertiary alicyclic amines) is 1. The van der Waals surface area contributed by atoms with E-state index in [0.29, 0.717) is 31.3 Å². The lowest BCUT2D eigenvalue weighted by Gasteiger charge is -2.17. The Morgan fingerprint density at radius 3 is 2.82 bits per heavy atom. The molecule has 1 heterocycles. The molecule has 5 heteroatoms. The van der Waals surface area contributed by atoms with Crippen LogP contribution in [0.1, 0.15) is 29.9 Å². The minimum atomic E-state index is -0.802. The van der Waals surface area contributed by atoms with Crippen molar-refractivity contribution in [2.24, 2.45) is 11.8 Å². The number of carboxylic acids is 1.